The number of rotatable bonds is 10. The lowest BCUT2D eigenvalue weighted by atomic mass is 9.96. The van der Waals surface area contributed by atoms with E-state index in [1.165, 1.54) is 18.4 Å². The summed E-state index contributed by atoms with van der Waals surface area (Å²) >= 11 is 0. The highest BCUT2D eigenvalue weighted by Crippen LogP contribution is 2.23. The normalized spacial score (nSPS) is 17.4. The van der Waals surface area contributed by atoms with Crippen molar-refractivity contribution >= 4 is 0 Å². The number of piperidine rings is 1. The Hall–Kier alpha value is -1.95. The van der Waals surface area contributed by atoms with Gasteiger partial charge in [0.1, 0.15) is 11.6 Å². The molecule has 3 rings (SSSR count). The number of aliphatic hydroxyl groups is 1. The van der Waals surface area contributed by atoms with Crippen LogP contribution >= 0.6 is 0 Å². The topological polar surface area (TPSA) is 35.9 Å². The van der Waals surface area contributed by atoms with Crippen molar-refractivity contribution in [2.75, 3.05) is 39.8 Å². The maximum atomic E-state index is 13.9. The number of hydrogen-bond donors (Lipinski definition) is 1. The van der Waals surface area contributed by atoms with Crippen molar-refractivity contribution in [1.29, 1.82) is 0 Å². The van der Waals surface area contributed by atoms with E-state index in [0.717, 1.165) is 56.0 Å². The summed E-state index contributed by atoms with van der Waals surface area (Å²) in [6.45, 7) is 7.53. The molecule has 1 fully saturated rings. The summed E-state index contributed by atoms with van der Waals surface area (Å²) in [5, 5.41) is 9.62. The van der Waals surface area contributed by atoms with E-state index in [4.69, 9.17) is 4.74 Å². The van der Waals surface area contributed by atoms with Gasteiger partial charge in [-0.3, -0.25) is 0 Å². The fraction of sp³-hybridized carbons (Fsp3) is 0.520. The van der Waals surface area contributed by atoms with Crippen LogP contribution in [0.2, 0.25) is 0 Å². The minimum Gasteiger partial charge on any atom is -0.494 e. The van der Waals surface area contributed by atoms with Crippen LogP contribution in [0.15, 0.2) is 42.5 Å². The van der Waals surface area contributed by atoms with Crippen LogP contribution in [0.3, 0.4) is 0 Å². The third kappa shape index (κ3) is 6.53. The van der Waals surface area contributed by atoms with Gasteiger partial charge in [0.15, 0.2) is 0 Å². The zero-order valence-electron chi connectivity index (χ0n) is 18.3. The lowest BCUT2D eigenvalue weighted by molar-refractivity contribution is 0.142. The molecule has 2 aromatic rings. The maximum absolute atomic E-state index is 13.9. The fourth-order valence-electron chi connectivity index (χ4n) is 4.45. The molecule has 0 bridgehead atoms. The van der Waals surface area contributed by atoms with Gasteiger partial charge < -0.3 is 19.6 Å². The van der Waals surface area contributed by atoms with E-state index in [1.807, 2.05) is 31.2 Å². The van der Waals surface area contributed by atoms with Crippen LogP contribution in [0.4, 0.5) is 4.39 Å². The first-order chi connectivity index (χ1) is 14.6. The molecule has 4 nitrogen and oxygen atoms in total. The Bertz CT molecular complexity index is 798. The van der Waals surface area contributed by atoms with Gasteiger partial charge in [0.25, 0.3) is 0 Å². The van der Waals surface area contributed by atoms with Crippen LogP contribution in [0.25, 0.3) is 0 Å². The Kier molecular flexibility index (Phi) is 8.67. The first-order valence-corrected chi connectivity index (χ1v) is 11.1. The maximum Gasteiger partial charge on any atom is 0.126 e. The van der Waals surface area contributed by atoms with Crippen molar-refractivity contribution in [2.45, 2.75) is 39.3 Å². The summed E-state index contributed by atoms with van der Waals surface area (Å²) in [5.41, 5.74) is 2.85. The predicted octanol–water partition coefficient (Wildman–Crippen LogP) is 4.10. The third-order valence-electron chi connectivity index (χ3n) is 5.88. The standard InChI is InChI=1S/C25H35FN2O2/c1-3-30-25-11-10-20(15-23(25)19-29)16-27(2)17-21-7-6-13-28(18-21)14-12-22-8-4-5-9-24(22)26/h4-5,8-11,15,21,29H,3,6-7,12-14,16-19H2,1-2H3/t21-/m0/s1. The van der Waals surface area contributed by atoms with Gasteiger partial charge in [-0.05, 0) is 75.0 Å². The summed E-state index contributed by atoms with van der Waals surface area (Å²) in [6.07, 6.45) is 3.21. The van der Waals surface area contributed by atoms with Crippen LogP contribution in [0.5, 0.6) is 5.75 Å². The lowest BCUT2D eigenvalue weighted by Crippen LogP contribution is -2.40. The molecule has 5 heteroatoms. The highest BCUT2D eigenvalue weighted by molar-refractivity contribution is 5.37. The Labute approximate surface area is 180 Å². The Morgan fingerprint density at radius 1 is 1.20 bits per heavy atom. The summed E-state index contributed by atoms with van der Waals surface area (Å²) < 4.78 is 19.5. The van der Waals surface area contributed by atoms with Crippen molar-refractivity contribution < 1.29 is 14.2 Å². The molecule has 0 radical (unpaired) electrons. The monoisotopic (exact) mass is 414 g/mol. The van der Waals surface area contributed by atoms with E-state index in [-0.39, 0.29) is 12.4 Å². The SMILES string of the molecule is CCOc1ccc(CN(C)C[C@@H]2CCCN(CCc3ccccc3F)C2)cc1CO. The zero-order valence-corrected chi connectivity index (χ0v) is 18.3. The van der Waals surface area contributed by atoms with Crippen molar-refractivity contribution in [1.82, 2.24) is 9.80 Å². The molecule has 0 aromatic heterocycles. The van der Waals surface area contributed by atoms with Crippen LogP contribution in [-0.2, 0) is 19.6 Å². The van der Waals surface area contributed by atoms with Gasteiger partial charge in [0, 0.05) is 31.7 Å². The Balaban J connectivity index is 1.49. The second kappa shape index (κ2) is 11.4. The number of halogens is 1. The molecule has 1 atom stereocenters. The van der Waals surface area contributed by atoms with Crippen molar-refractivity contribution in [3.05, 3.63) is 65.0 Å². The fourth-order valence-corrected chi connectivity index (χ4v) is 4.45. The quantitative estimate of drug-likeness (QED) is 0.635. The molecule has 1 heterocycles. The van der Waals surface area contributed by atoms with Crippen molar-refractivity contribution in [3.8, 4) is 5.75 Å². The van der Waals surface area contributed by atoms with E-state index in [2.05, 4.69) is 22.9 Å². The number of ether oxygens (including phenoxy) is 1. The van der Waals surface area contributed by atoms with E-state index in [1.54, 1.807) is 12.1 Å². The minimum atomic E-state index is -0.0941. The molecule has 30 heavy (non-hydrogen) atoms. The number of hydrogen-bond acceptors (Lipinski definition) is 4. The second-order valence-corrected chi connectivity index (χ2v) is 8.38. The van der Waals surface area contributed by atoms with Crippen LogP contribution < -0.4 is 4.74 Å². The van der Waals surface area contributed by atoms with Crippen molar-refractivity contribution in [3.63, 3.8) is 0 Å². The average Bonchev–Trinajstić information content (AvgIpc) is 2.74. The second-order valence-electron chi connectivity index (χ2n) is 8.38. The minimum absolute atomic E-state index is 0.00746. The molecular weight excluding hydrogens is 379 g/mol. The van der Waals surface area contributed by atoms with Gasteiger partial charge in [-0.2, -0.15) is 0 Å². The van der Waals surface area contributed by atoms with E-state index >= 15 is 0 Å². The molecule has 1 saturated heterocycles. The smallest absolute Gasteiger partial charge is 0.126 e. The molecule has 1 N–H and O–H groups in total. The molecule has 2 aromatic carbocycles. The largest absolute Gasteiger partial charge is 0.494 e. The van der Waals surface area contributed by atoms with Gasteiger partial charge in [0.05, 0.1) is 13.2 Å². The first kappa shape index (κ1) is 22.7. The molecule has 0 spiro atoms. The van der Waals surface area contributed by atoms with Crippen molar-refractivity contribution in [2.24, 2.45) is 5.92 Å². The van der Waals surface area contributed by atoms with E-state index < -0.39 is 0 Å². The van der Waals surface area contributed by atoms with E-state index in [9.17, 15) is 9.50 Å². The Morgan fingerprint density at radius 2 is 2.03 bits per heavy atom. The van der Waals surface area contributed by atoms with Gasteiger partial charge in [-0.25, -0.2) is 4.39 Å². The number of aliphatic hydroxyl groups excluding tert-OH is 1. The first-order valence-electron chi connectivity index (χ1n) is 11.1. The zero-order chi connectivity index (χ0) is 21.3. The Morgan fingerprint density at radius 3 is 2.80 bits per heavy atom. The molecule has 1 aliphatic rings. The molecule has 0 amide bonds. The molecular formula is C25H35FN2O2. The summed E-state index contributed by atoms with van der Waals surface area (Å²) in [5.74, 6) is 1.30. The molecule has 164 valence electrons. The average molecular weight is 415 g/mol. The van der Waals surface area contributed by atoms with Crippen LogP contribution in [0.1, 0.15) is 36.5 Å². The van der Waals surface area contributed by atoms with Gasteiger partial charge in [-0.1, -0.05) is 24.3 Å². The van der Waals surface area contributed by atoms with E-state index in [0.29, 0.717) is 12.5 Å². The highest BCUT2D eigenvalue weighted by Gasteiger charge is 2.21. The lowest BCUT2D eigenvalue weighted by Gasteiger charge is -2.35. The van der Waals surface area contributed by atoms with Crippen LogP contribution in [0, 0.1) is 11.7 Å². The molecule has 0 aliphatic carbocycles. The van der Waals surface area contributed by atoms with Gasteiger partial charge >= 0.3 is 0 Å². The highest BCUT2D eigenvalue weighted by atomic mass is 19.1. The summed E-state index contributed by atoms with van der Waals surface area (Å²) in [4.78, 5) is 4.84. The molecule has 1 aliphatic heterocycles. The summed E-state index contributed by atoms with van der Waals surface area (Å²) in [6, 6.07) is 13.2. The van der Waals surface area contributed by atoms with Gasteiger partial charge in [-0.15, -0.1) is 0 Å². The summed E-state index contributed by atoms with van der Waals surface area (Å²) in [7, 11) is 2.16. The molecule has 0 saturated carbocycles. The van der Waals surface area contributed by atoms with Crippen LogP contribution in [-0.4, -0.2) is 54.7 Å². The number of benzene rings is 2. The third-order valence-corrected chi connectivity index (χ3v) is 5.88. The number of nitrogens with zero attached hydrogens (tertiary/aromatic N) is 2. The van der Waals surface area contributed by atoms with Gasteiger partial charge in [0.2, 0.25) is 0 Å². The molecule has 0 unspecified atom stereocenters. The predicted molar refractivity (Wildman–Crippen MR) is 119 cm³/mol. The number of likely N-dealkylation sites (tertiary alicyclic amines) is 1.